The fourth-order valence-corrected chi connectivity index (χ4v) is 5.15. The quantitative estimate of drug-likeness (QED) is 0.827. The van der Waals surface area contributed by atoms with Crippen molar-refractivity contribution in [1.29, 1.82) is 0 Å². The van der Waals surface area contributed by atoms with Crippen molar-refractivity contribution in [1.82, 2.24) is 9.80 Å². The zero-order chi connectivity index (χ0) is 17.6. The predicted octanol–water partition coefficient (Wildman–Crippen LogP) is 2.97. The Balaban J connectivity index is 1.42. The maximum Gasteiger partial charge on any atom is 0.239 e. The summed E-state index contributed by atoms with van der Waals surface area (Å²) in [5, 5.41) is 0. The molecule has 3 aliphatic heterocycles. The minimum absolute atomic E-state index is 0.0621. The van der Waals surface area contributed by atoms with Crippen LogP contribution < -0.4 is 4.90 Å². The van der Waals surface area contributed by atoms with E-state index in [4.69, 9.17) is 0 Å². The highest BCUT2D eigenvalue weighted by molar-refractivity contribution is 5.83. The van der Waals surface area contributed by atoms with E-state index >= 15 is 0 Å². The number of hydrogen-bond acceptors (Lipinski definition) is 3. The Hall–Kier alpha value is -1.55. The van der Waals surface area contributed by atoms with Crippen molar-refractivity contribution < 1.29 is 4.79 Å². The molecule has 2 atom stereocenters. The fourth-order valence-electron chi connectivity index (χ4n) is 5.15. The van der Waals surface area contributed by atoms with Crippen LogP contribution in [0, 0.1) is 13.8 Å². The molecule has 1 aromatic rings. The van der Waals surface area contributed by atoms with Crippen LogP contribution in [0.2, 0.25) is 0 Å². The van der Waals surface area contributed by atoms with Gasteiger partial charge in [-0.25, -0.2) is 0 Å². The SMILES string of the molecule is Cc1cc(C)cc(N2CCC(N3C[C@H]4CCCN4C(=O)[C@@H]3C)CC2)c1. The van der Waals surface area contributed by atoms with E-state index in [9.17, 15) is 4.79 Å². The summed E-state index contributed by atoms with van der Waals surface area (Å²) in [7, 11) is 0. The maximum absolute atomic E-state index is 12.7. The summed E-state index contributed by atoms with van der Waals surface area (Å²) in [4.78, 5) is 19.9. The Bertz CT molecular complexity index is 630. The first-order chi connectivity index (χ1) is 12.0. The molecular weight excluding hydrogens is 310 g/mol. The molecule has 0 aromatic heterocycles. The van der Waals surface area contributed by atoms with Crippen LogP contribution in [0.5, 0.6) is 0 Å². The van der Waals surface area contributed by atoms with Crippen LogP contribution in [0.1, 0.15) is 43.7 Å². The van der Waals surface area contributed by atoms with Crippen LogP contribution >= 0.6 is 0 Å². The Morgan fingerprint density at radius 1 is 0.920 bits per heavy atom. The van der Waals surface area contributed by atoms with Crippen molar-refractivity contribution in [3.8, 4) is 0 Å². The average molecular weight is 341 g/mol. The maximum atomic E-state index is 12.7. The van der Waals surface area contributed by atoms with Gasteiger partial charge in [0.2, 0.25) is 5.91 Å². The average Bonchev–Trinajstić information content (AvgIpc) is 3.06. The highest BCUT2D eigenvalue weighted by Crippen LogP contribution is 2.31. The molecule has 1 amide bonds. The highest BCUT2D eigenvalue weighted by Gasteiger charge is 2.43. The molecule has 0 aliphatic carbocycles. The summed E-state index contributed by atoms with van der Waals surface area (Å²) >= 11 is 0. The topological polar surface area (TPSA) is 26.8 Å². The van der Waals surface area contributed by atoms with Crippen LogP contribution in [-0.2, 0) is 4.79 Å². The van der Waals surface area contributed by atoms with E-state index in [1.165, 1.54) is 29.7 Å². The molecule has 4 heteroatoms. The molecule has 25 heavy (non-hydrogen) atoms. The first kappa shape index (κ1) is 16.9. The van der Waals surface area contributed by atoms with Gasteiger partial charge in [0.25, 0.3) is 0 Å². The van der Waals surface area contributed by atoms with E-state index in [1.807, 2.05) is 0 Å². The van der Waals surface area contributed by atoms with Crippen molar-refractivity contribution in [2.75, 3.05) is 31.1 Å². The summed E-state index contributed by atoms with van der Waals surface area (Å²) in [5.74, 6) is 0.366. The van der Waals surface area contributed by atoms with Gasteiger partial charge in [0.1, 0.15) is 0 Å². The van der Waals surface area contributed by atoms with Gasteiger partial charge in [-0.3, -0.25) is 9.69 Å². The molecule has 0 spiro atoms. The lowest BCUT2D eigenvalue weighted by atomic mass is 9.97. The third-order valence-corrected chi connectivity index (χ3v) is 6.44. The number of carbonyl (C=O) groups excluding carboxylic acids is 1. The van der Waals surface area contributed by atoms with Gasteiger partial charge in [0.05, 0.1) is 6.04 Å². The Morgan fingerprint density at radius 3 is 2.28 bits per heavy atom. The summed E-state index contributed by atoms with van der Waals surface area (Å²) in [6, 6.07) is 7.94. The van der Waals surface area contributed by atoms with Gasteiger partial charge in [-0.15, -0.1) is 0 Å². The van der Waals surface area contributed by atoms with Crippen molar-refractivity contribution in [2.45, 2.75) is 64.6 Å². The van der Waals surface area contributed by atoms with Crippen LogP contribution in [0.4, 0.5) is 5.69 Å². The summed E-state index contributed by atoms with van der Waals surface area (Å²) < 4.78 is 0. The first-order valence-corrected chi connectivity index (χ1v) is 9.92. The number of amides is 1. The molecule has 0 bridgehead atoms. The number of hydrogen-bond donors (Lipinski definition) is 0. The lowest BCUT2D eigenvalue weighted by Gasteiger charge is -2.47. The van der Waals surface area contributed by atoms with Gasteiger partial charge in [-0.2, -0.15) is 0 Å². The molecule has 0 unspecified atom stereocenters. The van der Waals surface area contributed by atoms with Crippen LogP contribution in [-0.4, -0.2) is 60.0 Å². The second-order valence-electron chi connectivity index (χ2n) is 8.26. The number of carbonyl (C=O) groups is 1. The second-order valence-corrected chi connectivity index (χ2v) is 8.26. The number of piperazine rings is 1. The van der Waals surface area contributed by atoms with E-state index < -0.39 is 0 Å². The second kappa shape index (κ2) is 6.64. The van der Waals surface area contributed by atoms with Crippen molar-refractivity contribution in [3.63, 3.8) is 0 Å². The molecule has 136 valence electrons. The molecule has 3 heterocycles. The van der Waals surface area contributed by atoms with Gasteiger partial charge in [0, 0.05) is 44.0 Å². The molecule has 3 fully saturated rings. The van der Waals surface area contributed by atoms with Gasteiger partial charge in [-0.05, 0) is 69.7 Å². The standard InChI is InChI=1S/C21H31N3O/c1-15-11-16(2)13-20(12-15)22-9-6-18(7-10-22)24-14-19-5-4-8-23(19)21(25)17(24)3/h11-13,17-19H,4-10,14H2,1-3H3/t17-,19+/m0/s1. The minimum Gasteiger partial charge on any atom is -0.371 e. The van der Waals surface area contributed by atoms with Crippen molar-refractivity contribution >= 4 is 11.6 Å². The fraction of sp³-hybridized carbons (Fsp3) is 0.667. The predicted molar refractivity (Wildman–Crippen MR) is 102 cm³/mol. The number of anilines is 1. The third-order valence-electron chi connectivity index (χ3n) is 6.44. The molecule has 3 aliphatic rings. The molecule has 0 saturated carbocycles. The number of piperidine rings is 1. The van der Waals surface area contributed by atoms with Gasteiger partial charge < -0.3 is 9.80 Å². The van der Waals surface area contributed by atoms with Crippen LogP contribution in [0.15, 0.2) is 18.2 Å². The van der Waals surface area contributed by atoms with Gasteiger partial charge in [-0.1, -0.05) is 6.07 Å². The summed E-state index contributed by atoms with van der Waals surface area (Å²) in [5.41, 5.74) is 4.04. The van der Waals surface area contributed by atoms with E-state index in [-0.39, 0.29) is 6.04 Å². The number of rotatable bonds is 2. The molecule has 4 rings (SSSR count). The van der Waals surface area contributed by atoms with E-state index in [0.717, 1.165) is 39.0 Å². The minimum atomic E-state index is 0.0621. The first-order valence-electron chi connectivity index (χ1n) is 9.92. The van der Waals surface area contributed by atoms with Crippen LogP contribution in [0.25, 0.3) is 0 Å². The lowest BCUT2D eigenvalue weighted by molar-refractivity contribution is -0.145. The van der Waals surface area contributed by atoms with Gasteiger partial charge in [0.15, 0.2) is 0 Å². The number of benzene rings is 1. The van der Waals surface area contributed by atoms with Crippen molar-refractivity contribution in [3.05, 3.63) is 29.3 Å². The highest BCUT2D eigenvalue weighted by atomic mass is 16.2. The number of fused-ring (bicyclic) bond motifs is 1. The Kier molecular flexibility index (Phi) is 4.48. The van der Waals surface area contributed by atoms with E-state index in [0.29, 0.717) is 18.0 Å². The third kappa shape index (κ3) is 3.17. The number of aryl methyl sites for hydroxylation is 2. The molecular formula is C21H31N3O. The zero-order valence-corrected chi connectivity index (χ0v) is 15.9. The summed E-state index contributed by atoms with van der Waals surface area (Å²) in [6.45, 7) is 10.7. The Morgan fingerprint density at radius 2 is 1.60 bits per heavy atom. The normalized spacial score (nSPS) is 28.5. The Labute approximate surface area is 151 Å². The van der Waals surface area contributed by atoms with E-state index in [1.54, 1.807) is 0 Å². The number of nitrogens with zero attached hydrogens (tertiary/aromatic N) is 3. The molecule has 0 N–H and O–H groups in total. The largest absolute Gasteiger partial charge is 0.371 e. The molecule has 1 aromatic carbocycles. The zero-order valence-electron chi connectivity index (χ0n) is 15.9. The lowest BCUT2D eigenvalue weighted by Crippen LogP contribution is -2.62. The van der Waals surface area contributed by atoms with Gasteiger partial charge >= 0.3 is 0 Å². The molecule has 0 radical (unpaired) electrons. The van der Waals surface area contributed by atoms with Crippen molar-refractivity contribution in [2.24, 2.45) is 0 Å². The van der Waals surface area contributed by atoms with Crippen LogP contribution in [0.3, 0.4) is 0 Å². The smallest absolute Gasteiger partial charge is 0.239 e. The molecule has 4 nitrogen and oxygen atoms in total. The summed E-state index contributed by atoms with van der Waals surface area (Å²) in [6.07, 6.45) is 4.70. The van der Waals surface area contributed by atoms with E-state index in [2.05, 4.69) is 53.7 Å². The molecule has 3 saturated heterocycles. The monoisotopic (exact) mass is 341 g/mol.